The number of hydrogen-bond donors (Lipinski definition) is 0. The van der Waals surface area contributed by atoms with Gasteiger partial charge in [-0.3, -0.25) is 4.18 Å². The van der Waals surface area contributed by atoms with Crippen LogP contribution in [0.2, 0.25) is 0 Å². The van der Waals surface area contributed by atoms with Gasteiger partial charge >= 0.3 is 10.2 Å². The fourth-order valence-electron chi connectivity index (χ4n) is 2.15. The number of rotatable bonds is 4. The third-order valence-corrected chi connectivity index (χ3v) is 5.52. The van der Waals surface area contributed by atoms with Crippen molar-refractivity contribution in [3.05, 3.63) is 90.5 Å². The molecule has 0 heterocycles. The molecule has 0 aromatic heterocycles. The minimum Gasteiger partial charge on any atom is -0.275 e. The molecule has 0 saturated carbocycles. The minimum absolute atomic E-state index is 0.460. The lowest BCUT2D eigenvalue weighted by Crippen LogP contribution is -2.19. The second kappa shape index (κ2) is 6.47. The van der Waals surface area contributed by atoms with Crippen LogP contribution in [-0.4, -0.2) is 0 Å². The summed E-state index contributed by atoms with van der Waals surface area (Å²) in [4.78, 5) is 1.21. The van der Waals surface area contributed by atoms with E-state index in [0.29, 0.717) is 21.1 Å². The molecule has 3 aromatic carbocycles. The molecule has 0 aliphatic rings. The zero-order valence-electron chi connectivity index (χ0n) is 12.3. The second-order valence-electron chi connectivity index (χ2n) is 4.85. The van der Waals surface area contributed by atoms with E-state index < -0.39 is 10.2 Å². The lowest BCUT2D eigenvalue weighted by Gasteiger charge is -2.11. The van der Waals surface area contributed by atoms with Crippen LogP contribution in [0.15, 0.2) is 94.7 Å². The monoisotopic (exact) mass is 320 g/mol. The molecule has 0 radical (unpaired) electrons. The smallest absolute Gasteiger partial charge is 0.275 e. The van der Waals surface area contributed by atoms with Crippen LogP contribution in [0.5, 0.6) is 5.75 Å². The largest absolute Gasteiger partial charge is 0.325 e. The summed E-state index contributed by atoms with van der Waals surface area (Å²) in [5.74, 6) is 0.460. The molecule has 4 heteroatoms. The Kier molecular flexibility index (Phi) is 4.22. The van der Waals surface area contributed by atoms with Crippen LogP contribution in [-0.2, 0) is 14.4 Å². The van der Waals surface area contributed by atoms with E-state index in [9.17, 15) is 4.21 Å². The first-order chi connectivity index (χ1) is 11.2. The Bertz CT molecular complexity index is 825. The molecular weight excluding hydrogens is 306 g/mol. The van der Waals surface area contributed by atoms with Crippen molar-refractivity contribution < 1.29 is 8.39 Å². The van der Waals surface area contributed by atoms with Gasteiger partial charge in [0.2, 0.25) is 9.79 Å². The van der Waals surface area contributed by atoms with Gasteiger partial charge in [-0.05, 0) is 52.7 Å². The van der Waals surface area contributed by atoms with E-state index in [-0.39, 0.29) is 0 Å². The molecule has 23 heavy (non-hydrogen) atoms. The van der Waals surface area contributed by atoms with E-state index >= 15 is 0 Å². The first-order valence-electron chi connectivity index (χ1n) is 7.06. The predicted molar refractivity (Wildman–Crippen MR) is 89.3 cm³/mol. The summed E-state index contributed by atoms with van der Waals surface area (Å²) in [6.45, 7) is 0. The van der Waals surface area contributed by atoms with Gasteiger partial charge in [-0.25, -0.2) is 0 Å². The molecule has 0 amide bonds. The summed E-state index contributed by atoms with van der Waals surface area (Å²) < 4.78 is 19.5. The zero-order chi connectivity index (χ0) is 16.1. The topological polar surface area (TPSA) is 50.1 Å². The molecular formula is C19H14NO2S+. The maximum Gasteiger partial charge on any atom is 0.325 e. The number of benzene rings is 3. The van der Waals surface area contributed by atoms with Gasteiger partial charge in [-0.1, -0.05) is 36.4 Å². The quantitative estimate of drug-likeness (QED) is 0.666. The van der Waals surface area contributed by atoms with Gasteiger partial charge in [-0.15, -0.1) is 0 Å². The van der Waals surface area contributed by atoms with Crippen molar-refractivity contribution in [2.24, 2.45) is 0 Å². The second-order valence-corrected chi connectivity index (χ2v) is 6.97. The normalized spacial score (nSPS) is 10.7. The van der Waals surface area contributed by atoms with Crippen LogP contribution in [0.1, 0.15) is 5.56 Å². The first kappa shape index (κ1) is 15.0. The van der Waals surface area contributed by atoms with E-state index in [1.165, 1.54) is 0 Å². The highest BCUT2D eigenvalue weighted by molar-refractivity contribution is 7.99. The summed E-state index contributed by atoms with van der Waals surface area (Å²) in [6, 6.07) is 26.9. The minimum atomic E-state index is -2.90. The average Bonchev–Trinajstić information content (AvgIpc) is 2.64. The van der Waals surface area contributed by atoms with Crippen LogP contribution in [0, 0.1) is 11.3 Å². The highest BCUT2D eigenvalue weighted by Crippen LogP contribution is 2.31. The Morgan fingerprint density at radius 2 is 1.22 bits per heavy atom. The van der Waals surface area contributed by atoms with Crippen LogP contribution in [0.25, 0.3) is 0 Å². The molecule has 0 atom stereocenters. The van der Waals surface area contributed by atoms with Gasteiger partial charge in [0.25, 0.3) is 0 Å². The third kappa shape index (κ3) is 3.15. The highest BCUT2D eigenvalue weighted by atomic mass is 32.3. The molecule has 0 fully saturated rings. The van der Waals surface area contributed by atoms with Crippen molar-refractivity contribution in [3.63, 3.8) is 0 Å². The van der Waals surface area contributed by atoms with E-state index in [1.807, 2.05) is 36.4 Å². The Balaban J connectivity index is 2.06. The van der Waals surface area contributed by atoms with Crippen molar-refractivity contribution in [2.75, 3.05) is 0 Å². The van der Waals surface area contributed by atoms with Crippen LogP contribution in [0.3, 0.4) is 0 Å². The Hall–Kier alpha value is -2.90. The maximum absolute atomic E-state index is 13.6. The first-order valence-corrected chi connectivity index (χ1v) is 8.55. The third-order valence-electron chi connectivity index (χ3n) is 3.30. The lowest BCUT2D eigenvalue weighted by molar-refractivity contribution is 0.499. The molecule has 3 nitrogen and oxygen atoms in total. The summed E-state index contributed by atoms with van der Waals surface area (Å²) in [5.41, 5.74) is 0.531. The van der Waals surface area contributed by atoms with Gasteiger partial charge in [0.05, 0.1) is 11.6 Å². The molecule has 0 spiro atoms. The summed E-state index contributed by atoms with van der Waals surface area (Å²) >= 11 is 0. The molecule has 0 unspecified atom stereocenters. The van der Waals surface area contributed by atoms with Crippen molar-refractivity contribution in [2.45, 2.75) is 9.79 Å². The Morgan fingerprint density at radius 3 is 1.65 bits per heavy atom. The van der Waals surface area contributed by atoms with Crippen LogP contribution < -0.4 is 4.18 Å². The molecule has 112 valence electrons. The molecule has 0 aliphatic carbocycles. The summed E-state index contributed by atoms with van der Waals surface area (Å²) in [7, 11) is -2.90. The number of nitriles is 1. The molecule has 3 rings (SSSR count). The Labute approximate surface area is 136 Å². The van der Waals surface area contributed by atoms with Gasteiger partial charge in [0.15, 0.2) is 5.75 Å². The van der Waals surface area contributed by atoms with Crippen molar-refractivity contribution in [3.8, 4) is 11.8 Å². The van der Waals surface area contributed by atoms with E-state index in [4.69, 9.17) is 9.44 Å². The Morgan fingerprint density at radius 1 is 0.739 bits per heavy atom. The molecule has 0 N–H and O–H groups in total. The molecule has 0 aliphatic heterocycles. The number of nitrogens with zero attached hydrogens (tertiary/aromatic N) is 1. The fourth-order valence-corrected chi connectivity index (χ4v) is 4.03. The SMILES string of the molecule is N#Cc1ccc(O[S+](=O)(c2ccccc2)c2ccccc2)cc1. The number of hydrogen-bond acceptors (Lipinski definition) is 3. The van der Waals surface area contributed by atoms with E-state index in [1.54, 1.807) is 48.5 Å². The molecule has 3 aromatic rings. The summed E-state index contributed by atoms with van der Waals surface area (Å²) in [5, 5.41) is 8.87. The fraction of sp³-hybridized carbons (Fsp3) is 0. The highest BCUT2D eigenvalue weighted by Gasteiger charge is 2.38. The van der Waals surface area contributed by atoms with Crippen LogP contribution >= 0.6 is 0 Å². The van der Waals surface area contributed by atoms with Crippen LogP contribution in [0.4, 0.5) is 0 Å². The standard InChI is InChI=1S/C19H14NO2S/c20-15-16-11-13-17(14-12-16)22-23(21,18-7-3-1-4-8-18)19-9-5-2-6-10-19/h1-14H/q+1. The maximum atomic E-state index is 13.6. The summed E-state index contributed by atoms with van der Waals surface area (Å²) in [6.07, 6.45) is 0. The molecule has 0 bridgehead atoms. The van der Waals surface area contributed by atoms with Crippen molar-refractivity contribution in [1.82, 2.24) is 0 Å². The lowest BCUT2D eigenvalue weighted by atomic mass is 10.2. The molecule has 0 saturated heterocycles. The van der Waals surface area contributed by atoms with Crippen molar-refractivity contribution in [1.29, 1.82) is 5.26 Å². The van der Waals surface area contributed by atoms with Gasteiger partial charge in [-0.2, -0.15) is 5.26 Å². The van der Waals surface area contributed by atoms with Gasteiger partial charge in [0.1, 0.15) is 0 Å². The average molecular weight is 320 g/mol. The van der Waals surface area contributed by atoms with E-state index in [2.05, 4.69) is 6.07 Å². The van der Waals surface area contributed by atoms with Gasteiger partial charge < -0.3 is 0 Å². The zero-order valence-corrected chi connectivity index (χ0v) is 13.1. The van der Waals surface area contributed by atoms with Crippen molar-refractivity contribution >= 4 is 10.2 Å². The van der Waals surface area contributed by atoms with Gasteiger partial charge in [0, 0.05) is 0 Å². The van der Waals surface area contributed by atoms with E-state index in [0.717, 1.165) is 0 Å². The predicted octanol–water partition coefficient (Wildman–Crippen LogP) is 4.47.